The Hall–Kier alpha value is -1.96. The lowest BCUT2D eigenvalue weighted by atomic mass is 10.1. The van der Waals surface area contributed by atoms with E-state index >= 15 is 0 Å². The topological polar surface area (TPSA) is 106 Å². The fourth-order valence-electron chi connectivity index (χ4n) is 1.37. The van der Waals surface area contributed by atoms with Gasteiger partial charge in [-0.2, -0.15) is 0 Å². The second kappa shape index (κ2) is 8.26. The van der Waals surface area contributed by atoms with Crippen LogP contribution in [-0.2, 0) is 16.1 Å². The molecule has 0 bridgehead atoms. The van der Waals surface area contributed by atoms with Crippen LogP contribution in [0.15, 0.2) is 6.20 Å². The molecule has 0 aliphatic heterocycles. The van der Waals surface area contributed by atoms with Gasteiger partial charge in [-0.05, 0) is 12.3 Å². The van der Waals surface area contributed by atoms with Gasteiger partial charge < -0.3 is 15.2 Å². The van der Waals surface area contributed by atoms with Crippen molar-refractivity contribution in [2.24, 2.45) is 5.92 Å². The van der Waals surface area contributed by atoms with E-state index in [-0.39, 0.29) is 12.2 Å². The molecule has 20 heavy (non-hydrogen) atoms. The maximum atomic E-state index is 11.7. The van der Waals surface area contributed by atoms with Crippen molar-refractivity contribution in [3.8, 4) is 0 Å². The molecule has 1 aromatic rings. The van der Waals surface area contributed by atoms with Gasteiger partial charge in [-0.15, -0.1) is 5.10 Å². The lowest BCUT2D eigenvalue weighted by molar-refractivity contribution is -0.137. The van der Waals surface area contributed by atoms with Crippen LogP contribution in [0.5, 0.6) is 0 Å². The van der Waals surface area contributed by atoms with Gasteiger partial charge in [0.15, 0.2) is 5.69 Å². The summed E-state index contributed by atoms with van der Waals surface area (Å²) in [4.78, 5) is 22.1. The number of aromatic nitrogens is 3. The minimum absolute atomic E-state index is 0.0911. The van der Waals surface area contributed by atoms with Crippen molar-refractivity contribution in [2.45, 2.75) is 26.8 Å². The van der Waals surface area contributed by atoms with Gasteiger partial charge in [-0.25, -0.2) is 4.68 Å². The van der Waals surface area contributed by atoms with Crippen molar-refractivity contribution in [3.63, 3.8) is 0 Å². The summed E-state index contributed by atoms with van der Waals surface area (Å²) in [6, 6.07) is 0. The van der Waals surface area contributed by atoms with Crippen LogP contribution < -0.4 is 5.32 Å². The summed E-state index contributed by atoms with van der Waals surface area (Å²) in [5.41, 5.74) is 0.0911. The third kappa shape index (κ3) is 6.28. The van der Waals surface area contributed by atoms with Crippen LogP contribution in [-0.4, -0.2) is 51.7 Å². The van der Waals surface area contributed by atoms with E-state index in [0.717, 1.165) is 11.1 Å². The minimum Gasteiger partial charge on any atom is -0.480 e. The van der Waals surface area contributed by atoms with Crippen molar-refractivity contribution < 1.29 is 19.4 Å². The molecule has 0 aliphatic carbocycles. The number of nitrogens with one attached hydrogen (secondary N) is 1. The van der Waals surface area contributed by atoms with Gasteiger partial charge in [-0.1, -0.05) is 19.1 Å². The summed E-state index contributed by atoms with van der Waals surface area (Å²) in [5, 5.41) is 18.4. The number of carbonyl (C=O) groups is 2. The van der Waals surface area contributed by atoms with E-state index in [0.29, 0.717) is 25.7 Å². The predicted molar refractivity (Wildman–Crippen MR) is 70.3 cm³/mol. The van der Waals surface area contributed by atoms with Gasteiger partial charge in [0.1, 0.15) is 6.54 Å². The minimum atomic E-state index is -1.04. The molecule has 1 rings (SSSR count). The molecule has 0 fully saturated rings. The highest BCUT2D eigenvalue weighted by atomic mass is 16.5. The second-order valence-electron chi connectivity index (χ2n) is 4.75. The highest BCUT2D eigenvalue weighted by molar-refractivity contribution is 5.91. The van der Waals surface area contributed by atoms with E-state index in [9.17, 15) is 9.59 Å². The molecular weight excluding hydrogens is 264 g/mol. The molecule has 0 aliphatic rings. The van der Waals surface area contributed by atoms with Gasteiger partial charge in [0.25, 0.3) is 5.91 Å². The molecule has 8 heteroatoms. The molecule has 0 radical (unpaired) electrons. The number of carbonyl (C=O) groups excluding carboxylic acids is 1. The summed E-state index contributed by atoms with van der Waals surface area (Å²) in [7, 11) is 0. The first-order valence-electron chi connectivity index (χ1n) is 6.47. The van der Waals surface area contributed by atoms with Crippen molar-refractivity contribution in [1.29, 1.82) is 0 Å². The quantitative estimate of drug-likeness (QED) is 0.625. The fourth-order valence-corrected chi connectivity index (χ4v) is 1.37. The average Bonchev–Trinajstić information content (AvgIpc) is 2.80. The van der Waals surface area contributed by atoms with Gasteiger partial charge in [0, 0.05) is 13.2 Å². The maximum Gasteiger partial charge on any atom is 0.325 e. The van der Waals surface area contributed by atoms with E-state index in [1.54, 1.807) is 0 Å². The Labute approximate surface area is 117 Å². The predicted octanol–water partition coefficient (Wildman–Crippen LogP) is 0.155. The molecule has 2 N–H and O–H groups in total. The summed E-state index contributed by atoms with van der Waals surface area (Å²) < 4.78 is 6.45. The number of rotatable bonds is 9. The number of amides is 1. The van der Waals surface area contributed by atoms with Crippen molar-refractivity contribution >= 4 is 11.9 Å². The summed E-state index contributed by atoms with van der Waals surface area (Å²) >= 11 is 0. The second-order valence-corrected chi connectivity index (χ2v) is 4.75. The molecule has 0 spiro atoms. The monoisotopic (exact) mass is 284 g/mol. The molecule has 0 saturated heterocycles. The van der Waals surface area contributed by atoms with E-state index in [4.69, 9.17) is 9.84 Å². The SMILES string of the molecule is CC(C)CCOCCNC(=O)c1cn(CC(=O)O)nn1. The number of carboxylic acids is 1. The van der Waals surface area contributed by atoms with Crippen LogP contribution in [0.4, 0.5) is 0 Å². The molecule has 1 aromatic heterocycles. The van der Waals surface area contributed by atoms with Crippen LogP contribution in [0.3, 0.4) is 0 Å². The van der Waals surface area contributed by atoms with E-state index in [2.05, 4.69) is 29.5 Å². The smallest absolute Gasteiger partial charge is 0.325 e. The highest BCUT2D eigenvalue weighted by Gasteiger charge is 2.11. The molecular formula is C12H20N4O4. The largest absolute Gasteiger partial charge is 0.480 e. The van der Waals surface area contributed by atoms with E-state index in [1.165, 1.54) is 6.20 Å². The molecule has 0 atom stereocenters. The number of hydrogen-bond acceptors (Lipinski definition) is 5. The van der Waals surface area contributed by atoms with Gasteiger partial charge in [0.2, 0.25) is 0 Å². The molecule has 0 aromatic carbocycles. The molecule has 0 unspecified atom stereocenters. The zero-order valence-corrected chi connectivity index (χ0v) is 11.7. The lowest BCUT2D eigenvalue weighted by Gasteiger charge is -2.06. The Morgan fingerprint density at radius 1 is 1.45 bits per heavy atom. The third-order valence-corrected chi connectivity index (χ3v) is 2.44. The number of nitrogens with zero attached hydrogens (tertiary/aromatic N) is 3. The molecule has 8 nitrogen and oxygen atoms in total. The molecule has 1 amide bonds. The van der Waals surface area contributed by atoms with Gasteiger partial charge in [-0.3, -0.25) is 9.59 Å². The Bertz CT molecular complexity index is 444. The lowest BCUT2D eigenvalue weighted by Crippen LogP contribution is -2.27. The Morgan fingerprint density at radius 2 is 2.20 bits per heavy atom. The van der Waals surface area contributed by atoms with Crippen LogP contribution in [0.1, 0.15) is 30.8 Å². The average molecular weight is 284 g/mol. The van der Waals surface area contributed by atoms with E-state index < -0.39 is 11.9 Å². The van der Waals surface area contributed by atoms with E-state index in [1.807, 2.05) is 0 Å². The van der Waals surface area contributed by atoms with Crippen LogP contribution in [0.2, 0.25) is 0 Å². The first-order valence-corrected chi connectivity index (χ1v) is 6.47. The Balaban J connectivity index is 2.22. The van der Waals surface area contributed by atoms with Gasteiger partial charge >= 0.3 is 5.97 Å². The standard InChI is InChI=1S/C12H20N4O4/c1-9(2)3-5-20-6-4-13-12(19)10-7-16(15-14-10)8-11(17)18/h7,9H,3-6,8H2,1-2H3,(H,13,19)(H,17,18). The molecule has 1 heterocycles. The normalized spacial score (nSPS) is 10.8. The fraction of sp³-hybridized carbons (Fsp3) is 0.667. The van der Waals surface area contributed by atoms with Crippen LogP contribution >= 0.6 is 0 Å². The molecule has 112 valence electrons. The number of carboxylic acid groups (broad SMARTS) is 1. The van der Waals surface area contributed by atoms with Crippen LogP contribution in [0.25, 0.3) is 0 Å². The van der Waals surface area contributed by atoms with Gasteiger partial charge in [0.05, 0.1) is 12.8 Å². The number of ether oxygens (including phenoxy) is 1. The van der Waals surface area contributed by atoms with Crippen molar-refractivity contribution in [1.82, 2.24) is 20.3 Å². The Morgan fingerprint density at radius 3 is 2.85 bits per heavy atom. The summed E-state index contributed by atoms with van der Waals surface area (Å²) in [6.45, 7) is 5.39. The van der Waals surface area contributed by atoms with Crippen LogP contribution in [0, 0.1) is 5.92 Å². The first kappa shape index (κ1) is 16.1. The zero-order valence-electron chi connectivity index (χ0n) is 11.7. The number of hydrogen-bond donors (Lipinski definition) is 2. The highest BCUT2D eigenvalue weighted by Crippen LogP contribution is 1.98. The third-order valence-electron chi connectivity index (χ3n) is 2.44. The Kier molecular flexibility index (Phi) is 6.65. The maximum absolute atomic E-state index is 11.7. The zero-order chi connectivity index (χ0) is 15.0. The van der Waals surface area contributed by atoms with Crippen molar-refractivity contribution in [2.75, 3.05) is 19.8 Å². The summed E-state index contributed by atoms with van der Waals surface area (Å²) in [6.07, 6.45) is 2.28. The number of aliphatic carboxylic acids is 1. The van der Waals surface area contributed by atoms with Crippen molar-refractivity contribution in [3.05, 3.63) is 11.9 Å². The first-order chi connectivity index (χ1) is 9.49. The molecule has 0 saturated carbocycles. The summed E-state index contributed by atoms with van der Waals surface area (Å²) in [5.74, 6) is -0.844.